The van der Waals surface area contributed by atoms with Crippen LogP contribution in [0.2, 0.25) is 0 Å². The third-order valence-electron chi connectivity index (χ3n) is 7.24. The van der Waals surface area contributed by atoms with Crippen molar-refractivity contribution in [2.75, 3.05) is 19.7 Å². The Hall–Kier alpha value is -4.39. The van der Waals surface area contributed by atoms with Crippen LogP contribution >= 0.6 is 0 Å². The number of fused-ring (bicyclic) bond motifs is 1. The number of aryl methyl sites for hydroxylation is 1. The summed E-state index contributed by atoms with van der Waals surface area (Å²) in [5, 5.41) is 4.14. The topological polar surface area (TPSA) is 87.3 Å². The van der Waals surface area contributed by atoms with Gasteiger partial charge in [-0.2, -0.15) is 0 Å². The van der Waals surface area contributed by atoms with Gasteiger partial charge in [0.2, 0.25) is 5.91 Å². The number of rotatable bonds is 8. The van der Waals surface area contributed by atoms with Gasteiger partial charge in [0.15, 0.2) is 0 Å². The van der Waals surface area contributed by atoms with Gasteiger partial charge >= 0.3 is 0 Å². The van der Waals surface area contributed by atoms with Crippen molar-refractivity contribution in [3.8, 4) is 5.75 Å². The van der Waals surface area contributed by atoms with Crippen LogP contribution in [-0.4, -0.2) is 46.4 Å². The summed E-state index contributed by atoms with van der Waals surface area (Å²) in [6.07, 6.45) is 6.97. The zero-order valence-corrected chi connectivity index (χ0v) is 22.4. The number of hydrogen-bond donors (Lipinski definition) is 2. The Kier molecular flexibility index (Phi) is 8.06. The van der Waals surface area contributed by atoms with E-state index in [1.165, 1.54) is 0 Å². The Morgan fingerprint density at radius 1 is 1.08 bits per heavy atom. The second-order valence-corrected chi connectivity index (χ2v) is 9.83. The van der Waals surface area contributed by atoms with Crippen LogP contribution in [0.25, 0.3) is 17.0 Å². The highest BCUT2D eigenvalue weighted by atomic mass is 16.5. The average molecular weight is 523 g/mol. The number of nitrogens with zero attached hydrogens (tertiary/aromatic N) is 2. The van der Waals surface area contributed by atoms with Gasteiger partial charge in [-0.05, 0) is 62.6 Å². The second-order valence-electron chi connectivity index (χ2n) is 9.83. The molecule has 7 heteroatoms. The minimum atomic E-state index is -0.149. The minimum Gasteiger partial charge on any atom is -0.494 e. The molecule has 3 heterocycles. The summed E-state index contributed by atoms with van der Waals surface area (Å²) < 4.78 is 5.69. The van der Waals surface area contributed by atoms with Crippen LogP contribution in [0.1, 0.15) is 58.6 Å². The smallest absolute Gasteiger partial charge is 0.253 e. The summed E-state index contributed by atoms with van der Waals surface area (Å²) in [5.74, 6) is 0.743. The summed E-state index contributed by atoms with van der Waals surface area (Å²) in [5.41, 5.74) is 5.27. The number of aromatic nitrogens is 2. The molecule has 2 amide bonds. The highest BCUT2D eigenvalue weighted by Gasteiger charge is 2.27. The SMILES string of the molecule is CCOc1ccccc1CNC(=O)c1ccc(C)nc1C1CCN(C(=O)C=Cc2c[nH]c3ccccc23)CC1. The molecule has 2 N–H and O–H groups in total. The summed E-state index contributed by atoms with van der Waals surface area (Å²) in [7, 11) is 0. The first-order valence-corrected chi connectivity index (χ1v) is 13.5. The van der Waals surface area contributed by atoms with E-state index < -0.39 is 0 Å². The van der Waals surface area contributed by atoms with Gasteiger partial charge in [0, 0.05) is 60.0 Å². The molecule has 2 aromatic carbocycles. The lowest BCUT2D eigenvalue weighted by molar-refractivity contribution is -0.127. The molecule has 1 aliphatic rings. The Morgan fingerprint density at radius 3 is 2.67 bits per heavy atom. The fourth-order valence-electron chi connectivity index (χ4n) is 5.17. The molecule has 0 radical (unpaired) electrons. The van der Waals surface area contributed by atoms with Crippen LogP contribution in [0.3, 0.4) is 0 Å². The number of pyridine rings is 1. The van der Waals surface area contributed by atoms with Gasteiger partial charge in [-0.3, -0.25) is 14.6 Å². The van der Waals surface area contributed by atoms with Crippen molar-refractivity contribution in [2.45, 2.75) is 39.2 Å². The Morgan fingerprint density at radius 2 is 1.85 bits per heavy atom. The maximum atomic E-state index is 13.3. The number of hydrogen-bond acceptors (Lipinski definition) is 4. The first kappa shape index (κ1) is 26.2. The summed E-state index contributed by atoms with van der Waals surface area (Å²) in [6, 6.07) is 19.5. The lowest BCUT2D eigenvalue weighted by Gasteiger charge is -2.32. The Labute approximate surface area is 228 Å². The van der Waals surface area contributed by atoms with Gasteiger partial charge in [-0.15, -0.1) is 0 Å². The number of para-hydroxylation sites is 2. The first-order chi connectivity index (χ1) is 19.0. The van der Waals surface area contributed by atoms with Crippen LogP contribution in [0.5, 0.6) is 5.75 Å². The van der Waals surface area contributed by atoms with Gasteiger partial charge in [0.25, 0.3) is 5.91 Å². The van der Waals surface area contributed by atoms with Crippen molar-refractivity contribution in [1.29, 1.82) is 0 Å². The van der Waals surface area contributed by atoms with E-state index in [-0.39, 0.29) is 17.7 Å². The molecule has 0 saturated carbocycles. The fourth-order valence-corrected chi connectivity index (χ4v) is 5.17. The molecule has 0 aliphatic carbocycles. The van der Waals surface area contributed by atoms with Crippen molar-refractivity contribution >= 4 is 28.8 Å². The maximum absolute atomic E-state index is 13.3. The zero-order valence-electron chi connectivity index (χ0n) is 22.4. The molecule has 0 spiro atoms. The molecule has 0 atom stereocenters. The van der Waals surface area contributed by atoms with Crippen LogP contribution in [-0.2, 0) is 11.3 Å². The second kappa shape index (κ2) is 12.0. The van der Waals surface area contributed by atoms with Crippen molar-refractivity contribution in [1.82, 2.24) is 20.2 Å². The lowest BCUT2D eigenvalue weighted by Crippen LogP contribution is -2.37. The number of ether oxygens (including phenoxy) is 1. The average Bonchev–Trinajstić information content (AvgIpc) is 3.38. The van der Waals surface area contributed by atoms with Gasteiger partial charge in [-0.1, -0.05) is 36.4 Å². The fraction of sp³-hybridized carbons (Fsp3) is 0.281. The molecule has 1 fully saturated rings. The van der Waals surface area contributed by atoms with Gasteiger partial charge in [0.05, 0.1) is 17.9 Å². The third kappa shape index (κ3) is 6.03. The zero-order chi connectivity index (χ0) is 27.2. The summed E-state index contributed by atoms with van der Waals surface area (Å²) in [4.78, 5) is 36.1. The van der Waals surface area contributed by atoms with E-state index in [0.717, 1.165) is 52.0 Å². The molecule has 4 aromatic rings. The number of H-pyrrole nitrogens is 1. The summed E-state index contributed by atoms with van der Waals surface area (Å²) in [6.45, 7) is 6.07. The standard InChI is InChI=1S/C32H34N4O3/c1-3-39-29-11-7-4-8-25(29)21-34-32(38)27-14-12-22(2)35-31(27)23-16-18-36(19-17-23)30(37)15-13-24-20-33-28-10-6-5-9-26(24)28/h4-15,20,23,33H,3,16-19,21H2,1-2H3,(H,34,38). The molecular weight excluding hydrogens is 488 g/mol. The number of benzene rings is 2. The van der Waals surface area contributed by atoms with Crippen LogP contribution in [0.4, 0.5) is 0 Å². The lowest BCUT2D eigenvalue weighted by atomic mass is 9.89. The van der Waals surface area contributed by atoms with Crippen molar-refractivity contribution in [3.05, 3.63) is 101 Å². The molecule has 7 nitrogen and oxygen atoms in total. The number of amides is 2. The normalized spacial score (nSPS) is 14.2. The van der Waals surface area contributed by atoms with Gasteiger partial charge < -0.3 is 19.9 Å². The van der Waals surface area contributed by atoms with E-state index in [2.05, 4.69) is 10.3 Å². The highest BCUT2D eigenvalue weighted by Crippen LogP contribution is 2.30. The van der Waals surface area contributed by atoms with E-state index in [1.54, 1.807) is 6.08 Å². The van der Waals surface area contributed by atoms with Crippen LogP contribution < -0.4 is 10.1 Å². The molecule has 200 valence electrons. The van der Waals surface area contributed by atoms with Crippen molar-refractivity contribution < 1.29 is 14.3 Å². The quantitative estimate of drug-likeness (QED) is 0.294. The van der Waals surface area contributed by atoms with Crippen LogP contribution in [0, 0.1) is 6.92 Å². The Balaban J connectivity index is 1.23. The van der Waals surface area contributed by atoms with E-state index >= 15 is 0 Å². The molecule has 1 saturated heterocycles. The number of nitrogens with one attached hydrogen (secondary N) is 2. The monoisotopic (exact) mass is 522 g/mol. The van der Waals surface area contributed by atoms with Crippen molar-refractivity contribution in [3.63, 3.8) is 0 Å². The number of piperidine rings is 1. The molecule has 5 rings (SSSR count). The number of carbonyl (C=O) groups excluding carboxylic acids is 2. The molecule has 1 aliphatic heterocycles. The molecular formula is C32H34N4O3. The molecule has 0 bridgehead atoms. The van der Waals surface area contributed by atoms with E-state index in [9.17, 15) is 9.59 Å². The van der Waals surface area contributed by atoms with E-state index in [4.69, 9.17) is 9.72 Å². The predicted octanol–water partition coefficient (Wildman–Crippen LogP) is 5.62. The van der Waals surface area contributed by atoms with E-state index in [1.807, 2.05) is 91.7 Å². The largest absolute Gasteiger partial charge is 0.494 e. The number of aromatic amines is 1. The third-order valence-corrected chi connectivity index (χ3v) is 7.24. The first-order valence-electron chi connectivity index (χ1n) is 13.5. The molecule has 0 unspecified atom stereocenters. The molecule has 2 aromatic heterocycles. The predicted molar refractivity (Wildman–Crippen MR) is 154 cm³/mol. The summed E-state index contributed by atoms with van der Waals surface area (Å²) >= 11 is 0. The van der Waals surface area contributed by atoms with Gasteiger partial charge in [-0.25, -0.2) is 0 Å². The number of carbonyl (C=O) groups is 2. The van der Waals surface area contributed by atoms with Crippen molar-refractivity contribution in [2.24, 2.45) is 0 Å². The maximum Gasteiger partial charge on any atom is 0.253 e. The van der Waals surface area contributed by atoms with E-state index in [0.29, 0.717) is 31.8 Å². The number of likely N-dealkylation sites (tertiary alicyclic amines) is 1. The highest BCUT2D eigenvalue weighted by molar-refractivity contribution is 5.97. The van der Waals surface area contributed by atoms with Gasteiger partial charge in [0.1, 0.15) is 5.75 Å². The minimum absolute atomic E-state index is 0.00172. The van der Waals surface area contributed by atoms with Crippen LogP contribution in [0.15, 0.2) is 72.9 Å². The molecule has 39 heavy (non-hydrogen) atoms. The Bertz CT molecular complexity index is 1500.